The Bertz CT molecular complexity index is 905. The molecule has 1 heterocycles. The SMILES string of the molecule is COC(=O)c1ccc(C(=O)Nc2nc(-c3ccc(Cl)cc3)cs2)cc1. The largest absolute Gasteiger partial charge is 0.465 e. The van der Waals surface area contributed by atoms with E-state index in [1.54, 1.807) is 36.4 Å². The lowest BCUT2D eigenvalue weighted by Gasteiger charge is -2.03. The van der Waals surface area contributed by atoms with Gasteiger partial charge in [0.1, 0.15) is 0 Å². The van der Waals surface area contributed by atoms with Gasteiger partial charge >= 0.3 is 5.97 Å². The van der Waals surface area contributed by atoms with E-state index in [0.717, 1.165) is 11.3 Å². The number of hydrogen-bond acceptors (Lipinski definition) is 5. The summed E-state index contributed by atoms with van der Waals surface area (Å²) in [6, 6.07) is 13.5. The second-order valence-electron chi connectivity index (χ2n) is 5.07. The molecule has 1 amide bonds. The summed E-state index contributed by atoms with van der Waals surface area (Å²) in [5.41, 5.74) is 2.50. The van der Waals surface area contributed by atoms with Crippen LogP contribution in [0.4, 0.5) is 5.13 Å². The fourth-order valence-electron chi connectivity index (χ4n) is 2.13. The topological polar surface area (TPSA) is 68.3 Å². The van der Waals surface area contributed by atoms with Gasteiger partial charge in [0, 0.05) is 21.5 Å². The molecule has 3 rings (SSSR count). The Morgan fingerprint density at radius 3 is 2.32 bits per heavy atom. The molecule has 0 unspecified atom stereocenters. The predicted octanol–water partition coefficient (Wildman–Crippen LogP) is 4.50. The number of nitrogens with one attached hydrogen (secondary N) is 1. The van der Waals surface area contributed by atoms with E-state index >= 15 is 0 Å². The number of hydrogen-bond donors (Lipinski definition) is 1. The molecule has 25 heavy (non-hydrogen) atoms. The van der Waals surface area contributed by atoms with E-state index in [0.29, 0.717) is 21.3 Å². The number of esters is 1. The number of amides is 1. The van der Waals surface area contributed by atoms with Gasteiger partial charge < -0.3 is 4.74 Å². The number of rotatable bonds is 4. The minimum atomic E-state index is -0.445. The maximum absolute atomic E-state index is 12.3. The minimum Gasteiger partial charge on any atom is -0.465 e. The molecule has 1 N–H and O–H groups in total. The van der Waals surface area contributed by atoms with Crippen molar-refractivity contribution < 1.29 is 14.3 Å². The van der Waals surface area contributed by atoms with Crippen molar-refractivity contribution >= 4 is 39.9 Å². The molecule has 0 spiro atoms. The molecule has 0 saturated heterocycles. The molecule has 0 bridgehead atoms. The molecule has 5 nitrogen and oxygen atoms in total. The minimum absolute atomic E-state index is 0.298. The highest BCUT2D eigenvalue weighted by Crippen LogP contribution is 2.26. The molecule has 0 atom stereocenters. The van der Waals surface area contributed by atoms with Crippen molar-refractivity contribution in [3.05, 3.63) is 70.1 Å². The molecule has 0 aliphatic carbocycles. The molecule has 126 valence electrons. The Morgan fingerprint density at radius 2 is 1.68 bits per heavy atom. The fraction of sp³-hybridized carbons (Fsp3) is 0.0556. The number of carbonyl (C=O) groups excluding carboxylic acids is 2. The maximum atomic E-state index is 12.3. The molecule has 1 aromatic heterocycles. The van der Waals surface area contributed by atoms with Crippen LogP contribution in [-0.4, -0.2) is 24.0 Å². The van der Waals surface area contributed by atoms with Gasteiger partial charge in [0.05, 0.1) is 18.4 Å². The number of methoxy groups -OCH3 is 1. The van der Waals surface area contributed by atoms with Gasteiger partial charge in [0.15, 0.2) is 5.13 Å². The third-order valence-electron chi connectivity index (χ3n) is 3.43. The highest BCUT2D eigenvalue weighted by molar-refractivity contribution is 7.14. The predicted molar refractivity (Wildman–Crippen MR) is 98.3 cm³/mol. The molecule has 0 saturated carbocycles. The van der Waals surface area contributed by atoms with Gasteiger partial charge in [-0.3, -0.25) is 10.1 Å². The van der Waals surface area contributed by atoms with Crippen molar-refractivity contribution in [2.75, 3.05) is 12.4 Å². The van der Waals surface area contributed by atoms with Crippen molar-refractivity contribution in [1.29, 1.82) is 0 Å². The van der Waals surface area contributed by atoms with Crippen molar-refractivity contribution in [3.8, 4) is 11.3 Å². The summed E-state index contributed by atoms with van der Waals surface area (Å²) in [4.78, 5) is 28.1. The summed E-state index contributed by atoms with van der Waals surface area (Å²) < 4.78 is 4.63. The summed E-state index contributed by atoms with van der Waals surface area (Å²) in [7, 11) is 1.31. The van der Waals surface area contributed by atoms with E-state index in [9.17, 15) is 9.59 Å². The number of ether oxygens (including phenoxy) is 1. The zero-order chi connectivity index (χ0) is 17.8. The van der Waals surface area contributed by atoms with E-state index in [4.69, 9.17) is 11.6 Å². The lowest BCUT2D eigenvalue weighted by molar-refractivity contribution is 0.0600. The van der Waals surface area contributed by atoms with Crippen LogP contribution >= 0.6 is 22.9 Å². The third-order valence-corrected chi connectivity index (χ3v) is 4.44. The first kappa shape index (κ1) is 17.1. The lowest BCUT2D eigenvalue weighted by Crippen LogP contribution is -2.12. The van der Waals surface area contributed by atoms with Crippen LogP contribution in [0.25, 0.3) is 11.3 Å². The maximum Gasteiger partial charge on any atom is 0.337 e. The van der Waals surface area contributed by atoms with E-state index in [1.165, 1.54) is 18.4 Å². The normalized spacial score (nSPS) is 10.3. The Balaban J connectivity index is 1.71. The number of carbonyl (C=O) groups is 2. The standard InChI is InChI=1S/C18H13ClN2O3S/c1-24-17(23)13-4-2-12(3-5-13)16(22)21-18-20-15(10-25-18)11-6-8-14(19)9-7-11/h2-10H,1H3,(H,20,21,22). The molecule has 0 aliphatic heterocycles. The van der Waals surface area contributed by atoms with E-state index in [2.05, 4.69) is 15.0 Å². The van der Waals surface area contributed by atoms with Crippen LogP contribution in [-0.2, 0) is 4.74 Å². The highest BCUT2D eigenvalue weighted by atomic mass is 35.5. The first-order chi connectivity index (χ1) is 12.1. The number of benzene rings is 2. The van der Waals surface area contributed by atoms with Crippen molar-refractivity contribution in [2.45, 2.75) is 0 Å². The number of nitrogens with zero attached hydrogens (tertiary/aromatic N) is 1. The van der Waals surface area contributed by atoms with Gasteiger partial charge in [-0.25, -0.2) is 9.78 Å². The molecule has 0 fully saturated rings. The van der Waals surface area contributed by atoms with Gasteiger partial charge in [-0.1, -0.05) is 23.7 Å². The number of aromatic nitrogens is 1. The first-order valence-electron chi connectivity index (χ1n) is 7.28. The van der Waals surface area contributed by atoms with Crippen molar-refractivity contribution in [3.63, 3.8) is 0 Å². The van der Waals surface area contributed by atoms with Crippen LogP contribution < -0.4 is 5.32 Å². The summed E-state index contributed by atoms with van der Waals surface area (Å²) in [5.74, 6) is -0.743. The zero-order valence-electron chi connectivity index (χ0n) is 13.2. The fourth-order valence-corrected chi connectivity index (χ4v) is 2.97. The highest BCUT2D eigenvalue weighted by Gasteiger charge is 2.11. The van der Waals surface area contributed by atoms with Gasteiger partial charge in [0.2, 0.25) is 0 Å². The second-order valence-corrected chi connectivity index (χ2v) is 6.36. The third kappa shape index (κ3) is 4.04. The quantitative estimate of drug-likeness (QED) is 0.684. The summed E-state index contributed by atoms with van der Waals surface area (Å²) in [5, 5.41) is 5.76. The molecule has 0 radical (unpaired) electrons. The number of anilines is 1. The van der Waals surface area contributed by atoms with Crippen LogP contribution in [0.2, 0.25) is 5.02 Å². The Kier molecular flexibility index (Phi) is 5.11. The molecule has 0 aliphatic rings. The first-order valence-corrected chi connectivity index (χ1v) is 8.54. The van der Waals surface area contributed by atoms with E-state index < -0.39 is 5.97 Å². The van der Waals surface area contributed by atoms with Gasteiger partial charge in [-0.05, 0) is 36.4 Å². The molecule has 2 aromatic carbocycles. The molecular weight excluding hydrogens is 360 g/mol. The van der Waals surface area contributed by atoms with Gasteiger partial charge in [0.25, 0.3) is 5.91 Å². The number of halogens is 1. The van der Waals surface area contributed by atoms with Crippen molar-refractivity contribution in [1.82, 2.24) is 4.98 Å². The van der Waals surface area contributed by atoms with Crippen LogP contribution in [0.1, 0.15) is 20.7 Å². The van der Waals surface area contributed by atoms with Crippen LogP contribution in [0.15, 0.2) is 53.9 Å². The van der Waals surface area contributed by atoms with Crippen LogP contribution in [0.3, 0.4) is 0 Å². The summed E-state index contributed by atoms with van der Waals surface area (Å²) in [6.45, 7) is 0. The lowest BCUT2D eigenvalue weighted by atomic mass is 10.1. The summed E-state index contributed by atoms with van der Waals surface area (Å²) >= 11 is 7.21. The summed E-state index contributed by atoms with van der Waals surface area (Å²) in [6.07, 6.45) is 0. The van der Waals surface area contributed by atoms with E-state index in [1.807, 2.05) is 17.5 Å². The molecule has 7 heteroatoms. The Labute approximate surface area is 153 Å². The Morgan fingerprint density at radius 1 is 1.04 bits per heavy atom. The molecular formula is C18H13ClN2O3S. The second kappa shape index (κ2) is 7.46. The monoisotopic (exact) mass is 372 g/mol. The van der Waals surface area contributed by atoms with E-state index in [-0.39, 0.29) is 5.91 Å². The van der Waals surface area contributed by atoms with Gasteiger partial charge in [-0.15, -0.1) is 11.3 Å². The Hall–Kier alpha value is -2.70. The zero-order valence-corrected chi connectivity index (χ0v) is 14.7. The van der Waals surface area contributed by atoms with Crippen LogP contribution in [0, 0.1) is 0 Å². The van der Waals surface area contributed by atoms with Crippen molar-refractivity contribution in [2.24, 2.45) is 0 Å². The smallest absolute Gasteiger partial charge is 0.337 e. The number of thiazole rings is 1. The average Bonchev–Trinajstić information content (AvgIpc) is 3.10. The van der Waals surface area contributed by atoms with Crippen LogP contribution in [0.5, 0.6) is 0 Å². The van der Waals surface area contributed by atoms with Gasteiger partial charge in [-0.2, -0.15) is 0 Å². The molecule has 3 aromatic rings. The average molecular weight is 373 g/mol.